The number of pyridine rings is 1. The van der Waals surface area contributed by atoms with E-state index in [9.17, 15) is 0 Å². The molecule has 1 aromatic carbocycles. The fourth-order valence-corrected chi connectivity index (χ4v) is 2.55. The lowest BCUT2D eigenvalue weighted by Gasteiger charge is -2.09. The number of rotatable bonds is 4. The minimum Gasteiger partial charge on any atom is -0.471 e. The van der Waals surface area contributed by atoms with Crippen LogP contribution < -0.4 is 9.88 Å². The zero-order chi connectivity index (χ0) is 15.2. The van der Waals surface area contributed by atoms with Crippen molar-refractivity contribution in [2.24, 2.45) is 0 Å². The van der Waals surface area contributed by atoms with Crippen molar-refractivity contribution in [1.29, 1.82) is 0 Å². The van der Waals surface area contributed by atoms with Crippen molar-refractivity contribution < 1.29 is 9.30 Å². The van der Waals surface area contributed by atoms with E-state index in [2.05, 4.69) is 40.9 Å². The normalized spacial score (nSPS) is 10.1. The molecule has 0 aliphatic heterocycles. The fourth-order valence-electron chi connectivity index (χ4n) is 2.31. The van der Waals surface area contributed by atoms with E-state index in [1.54, 1.807) is 0 Å². The number of hydrogen-bond acceptors (Lipinski definition) is 2. The Labute approximate surface area is 130 Å². The largest absolute Gasteiger partial charge is 0.471 e. The van der Waals surface area contributed by atoms with Crippen molar-refractivity contribution in [1.82, 2.24) is 0 Å². The second-order valence-electron chi connectivity index (χ2n) is 4.59. The van der Waals surface area contributed by atoms with Gasteiger partial charge in [0.2, 0.25) is 12.1 Å². The lowest BCUT2D eigenvalue weighted by molar-refractivity contribution is -0.666. The second-order valence-corrected chi connectivity index (χ2v) is 4.96. The molecule has 0 aliphatic carbocycles. The van der Waals surface area contributed by atoms with Gasteiger partial charge in [-0.15, -0.1) is 6.42 Å². The Balaban J connectivity index is 2.41. The molecule has 0 bridgehead atoms. The number of thiocarbonyl (C=S) groups is 1. The highest BCUT2D eigenvalue weighted by Crippen LogP contribution is 2.18. The summed E-state index contributed by atoms with van der Waals surface area (Å²) in [5.41, 5.74) is 3.27. The zero-order valence-electron chi connectivity index (χ0n) is 12.3. The van der Waals surface area contributed by atoms with Gasteiger partial charge in [0.25, 0.3) is 5.17 Å². The van der Waals surface area contributed by atoms with Gasteiger partial charge in [-0.2, -0.15) is 4.57 Å². The third kappa shape index (κ3) is 3.50. The van der Waals surface area contributed by atoms with Crippen molar-refractivity contribution in [3.8, 4) is 12.3 Å². The van der Waals surface area contributed by atoms with Crippen molar-refractivity contribution in [3.63, 3.8) is 0 Å². The first-order valence-corrected chi connectivity index (χ1v) is 7.43. The lowest BCUT2D eigenvalue weighted by Crippen LogP contribution is -2.38. The molecule has 1 heterocycles. The van der Waals surface area contributed by atoms with Gasteiger partial charge in [0, 0.05) is 29.6 Å². The molecule has 21 heavy (non-hydrogen) atoms. The predicted octanol–water partition coefficient (Wildman–Crippen LogP) is 3.06. The predicted molar refractivity (Wildman–Crippen MR) is 90.2 cm³/mol. The number of terminal acetylenes is 1. The van der Waals surface area contributed by atoms with Gasteiger partial charge in [0.05, 0.1) is 6.61 Å². The summed E-state index contributed by atoms with van der Waals surface area (Å²) in [6.45, 7) is 5.17. The maximum Gasteiger partial charge on any atom is 0.261 e. The zero-order valence-corrected chi connectivity index (χ0v) is 13.2. The van der Waals surface area contributed by atoms with E-state index in [4.69, 9.17) is 23.4 Å². The third-order valence-electron chi connectivity index (χ3n) is 3.25. The van der Waals surface area contributed by atoms with Gasteiger partial charge in [-0.05, 0) is 43.3 Å². The molecule has 0 fully saturated rings. The van der Waals surface area contributed by atoms with Crippen LogP contribution in [0.2, 0.25) is 0 Å². The van der Waals surface area contributed by atoms with E-state index in [0.29, 0.717) is 18.3 Å². The lowest BCUT2D eigenvalue weighted by atomic mass is 10.1. The SMILES string of the molecule is C#CC[n+]1c(CC)ccc2cc(NC(=S)OCC)ccc21. The van der Waals surface area contributed by atoms with Crippen LogP contribution in [0.15, 0.2) is 30.3 Å². The van der Waals surface area contributed by atoms with Gasteiger partial charge < -0.3 is 10.1 Å². The van der Waals surface area contributed by atoms with Crippen LogP contribution in [0.5, 0.6) is 0 Å². The van der Waals surface area contributed by atoms with Crippen LogP contribution in [0.4, 0.5) is 5.69 Å². The topological polar surface area (TPSA) is 25.1 Å². The minimum atomic E-state index is 0.388. The summed E-state index contributed by atoms with van der Waals surface area (Å²) >= 11 is 5.10. The average molecular weight is 299 g/mol. The number of aryl methyl sites for hydroxylation is 1. The Hall–Kier alpha value is -2.12. The summed E-state index contributed by atoms with van der Waals surface area (Å²) in [5.74, 6) is 2.72. The summed E-state index contributed by atoms with van der Waals surface area (Å²) in [4.78, 5) is 0. The van der Waals surface area contributed by atoms with E-state index < -0.39 is 0 Å². The molecule has 0 saturated heterocycles. The van der Waals surface area contributed by atoms with Gasteiger partial charge in [-0.1, -0.05) is 6.92 Å². The fraction of sp³-hybridized carbons (Fsp3) is 0.294. The maximum absolute atomic E-state index is 5.49. The molecule has 1 N–H and O–H groups in total. The van der Waals surface area contributed by atoms with E-state index in [1.165, 1.54) is 5.69 Å². The quantitative estimate of drug-likeness (QED) is 0.534. The minimum absolute atomic E-state index is 0.388. The van der Waals surface area contributed by atoms with Crippen LogP contribution >= 0.6 is 12.2 Å². The van der Waals surface area contributed by atoms with E-state index in [0.717, 1.165) is 23.0 Å². The standard InChI is InChI=1S/C17H18N2OS/c1-4-11-19-15(5-2)9-7-13-12-14(8-10-16(13)19)18-17(21)20-6-3/h1,7-10,12H,5-6,11H2,2-3H3/p+1. The Morgan fingerprint density at radius 1 is 1.33 bits per heavy atom. The molecule has 0 aliphatic rings. The highest BCUT2D eigenvalue weighted by Gasteiger charge is 2.13. The third-order valence-corrected chi connectivity index (χ3v) is 3.47. The Kier molecular flexibility index (Phi) is 5.13. The molecule has 2 rings (SSSR count). The summed E-state index contributed by atoms with van der Waals surface area (Å²) in [5, 5.41) is 4.58. The highest BCUT2D eigenvalue weighted by molar-refractivity contribution is 7.80. The molecule has 2 aromatic rings. The molecule has 0 amide bonds. The summed E-state index contributed by atoms with van der Waals surface area (Å²) < 4.78 is 7.41. The monoisotopic (exact) mass is 299 g/mol. The number of anilines is 1. The first-order valence-electron chi connectivity index (χ1n) is 7.02. The van der Waals surface area contributed by atoms with Gasteiger partial charge in [-0.3, -0.25) is 0 Å². The number of ether oxygens (including phenoxy) is 1. The number of fused-ring (bicyclic) bond motifs is 1. The number of nitrogens with one attached hydrogen (secondary N) is 1. The molecule has 0 atom stereocenters. The number of aromatic nitrogens is 1. The van der Waals surface area contributed by atoms with Crippen LogP contribution in [0.25, 0.3) is 10.9 Å². The molecule has 108 valence electrons. The molecule has 0 saturated carbocycles. The molecular weight excluding hydrogens is 280 g/mol. The van der Waals surface area contributed by atoms with Gasteiger partial charge >= 0.3 is 0 Å². The van der Waals surface area contributed by atoms with Crippen LogP contribution in [-0.2, 0) is 17.7 Å². The van der Waals surface area contributed by atoms with Gasteiger partial charge in [0.1, 0.15) is 0 Å². The smallest absolute Gasteiger partial charge is 0.261 e. The molecule has 4 heteroatoms. The number of nitrogens with zero attached hydrogens (tertiary/aromatic N) is 1. The second kappa shape index (κ2) is 7.05. The Bertz CT molecular complexity index is 704. The van der Waals surface area contributed by atoms with Crippen molar-refractivity contribution in [3.05, 3.63) is 36.0 Å². The summed E-state index contributed by atoms with van der Waals surface area (Å²) in [6.07, 6.45) is 6.44. The number of hydrogen-bond donors (Lipinski definition) is 1. The first kappa shape index (κ1) is 15.3. The van der Waals surface area contributed by atoms with Crippen LogP contribution in [0.3, 0.4) is 0 Å². The van der Waals surface area contributed by atoms with Crippen molar-refractivity contribution in [2.45, 2.75) is 26.8 Å². The molecule has 0 spiro atoms. The summed E-state index contributed by atoms with van der Waals surface area (Å²) in [7, 11) is 0. The van der Waals surface area contributed by atoms with Crippen LogP contribution in [0.1, 0.15) is 19.5 Å². The molecule has 1 aromatic heterocycles. The van der Waals surface area contributed by atoms with E-state index in [1.807, 2.05) is 19.1 Å². The molecule has 0 radical (unpaired) electrons. The van der Waals surface area contributed by atoms with Gasteiger partial charge in [0.15, 0.2) is 5.69 Å². The Morgan fingerprint density at radius 2 is 2.14 bits per heavy atom. The molecule has 0 unspecified atom stereocenters. The molecule has 3 nitrogen and oxygen atoms in total. The van der Waals surface area contributed by atoms with E-state index in [-0.39, 0.29) is 0 Å². The van der Waals surface area contributed by atoms with Crippen LogP contribution in [0, 0.1) is 12.3 Å². The van der Waals surface area contributed by atoms with E-state index >= 15 is 0 Å². The van der Waals surface area contributed by atoms with Gasteiger partial charge in [-0.25, -0.2) is 0 Å². The van der Waals surface area contributed by atoms with Crippen molar-refractivity contribution in [2.75, 3.05) is 11.9 Å². The van der Waals surface area contributed by atoms with Crippen LogP contribution in [-0.4, -0.2) is 11.8 Å². The highest BCUT2D eigenvalue weighted by atomic mass is 32.1. The van der Waals surface area contributed by atoms with Crippen molar-refractivity contribution >= 4 is 34.0 Å². The number of benzene rings is 1. The molecular formula is C17H19N2OS+. The Morgan fingerprint density at radius 3 is 2.81 bits per heavy atom. The average Bonchev–Trinajstić information content (AvgIpc) is 2.48. The summed E-state index contributed by atoms with van der Waals surface area (Å²) in [6, 6.07) is 10.3. The first-order chi connectivity index (χ1) is 10.2. The maximum atomic E-state index is 5.49.